The number of fused-ring (bicyclic) bond motifs is 2. The maximum absolute atomic E-state index is 6.45. The molecule has 0 radical (unpaired) electrons. The van der Waals surface area contributed by atoms with Gasteiger partial charge in [0, 0.05) is 36.1 Å². The van der Waals surface area contributed by atoms with Crippen LogP contribution >= 0.6 is 11.6 Å². The third-order valence-electron chi connectivity index (χ3n) is 3.96. The van der Waals surface area contributed by atoms with Crippen molar-refractivity contribution in [1.82, 2.24) is 9.88 Å². The zero-order valence-electron chi connectivity index (χ0n) is 12.2. The number of likely N-dealkylation sites (N-methyl/N-ethyl adjacent to an activating group) is 1. The van der Waals surface area contributed by atoms with Gasteiger partial charge in [0.1, 0.15) is 0 Å². The van der Waals surface area contributed by atoms with Crippen molar-refractivity contribution in [2.24, 2.45) is 5.73 Å². The van der Waals surface area contributed by atoms with E-state index in [-0.39, 0.29) is 0 Å². The van der Waals surface area contributed by atoms with E-state index in [2.05, 4.69) is 31.9 Å². The molecule has 0 fully saturated rings. The van der Waals surface area contributed by atoms with Gasteiger partial charge < -0.3 is 10.6 Å². The van der Waals surface area contributed by atoms with Gasteiger partial charge in [0.25, 0.3) is 0 Å². The van der Waals surface area contributed by atoms with Crippen molar-refractivity contribution < 1.29 is 0 Å². The number of hydrogen-bond donors (Lipinski definition) is 1. The highest BCUT2D eigenvalue weighted by molar-refractivity contribution is 6.35. The predicted molar refractivity (Wildman–Crippen MR) is 84.0 cm³/mol. The molecule has 0 saturated carbocycles. The fourth-order valence-electron chi connectivity index (χ4n) is 3.10. The van der Waals surface area contributed by atoms with Crippen LogP contribution in [-0.4, -0.2) is 23.5 Å². The molecular weight excluding hydrogens is 270 g/mol. The van der Waals surface area contributed by atoms with Crippen molar-refractivity contribution in [2.45, 2.75) is 32.4 Å². The van der Waals surface area contributed by atoms with Gasteiger partial charge in [0.05, 0.1) is 10.5 Å². The van der Waals surface area contributed by atoms with Crippen molar-refractivity contribution in [2.75, 3.05) is 13.6 Å². The van der Waals surface area contributed by atoms with Gasteiger partial charge in [0.2, 0.25) is 0 Å². The second-order valence-electron chi connectivity index (χ2n) is 6.26. The fourth-order valence-corrected chi connectivity index (χ4v) is 3.32. The molecule has 2 N–H and O–H groups in total. The summed E-state index contributed by atoms with van der Waals surface area (Å²) in [6.07, 6.45) is 0.954. The van der Waals surface area contributed by atoms with E-state index in [1.165, 1.54) is 11.1 Å². The average Bonchev–Trinajstić information content (AvgIpc) is 2.35. The van der Waals surface area contributed by atoms with E-state index in [0.29, 0.717) is 5.02 Å². The minimum atomic E-state index is -0.409. The van der Waals surface area contributed by atoms with E-state index in [1.54, 1.807) is 0 Å². The average molecular weight is 290 g/mol. The molecule has 0 atom stereocenters. The van der Waals surface area contributed by atoms with Crippen molar-refractivity contribution >= 4 is 22.5 Å². The second kappa shape index (κ2) is 4.69. The molecule has 2 heterocycles. The number of nitrogens with zero attached hydrogens (tertiary/aromatic N) is 2. The summed E-state index contributed by atoms with van der Waals surface area (Å²) < 4.78 is 0. The van der Waals surface area contributed by atoms with Crippen LogP contribution in [0.3, 0.4) is 0 Å². The Kier molecular flexibility index (Phi) is 3.24. The Morgan fingerprint density at radius 2 is 2.10 bits per heavy atom. The third kappa shape index (κ3) is 2.20. The zero-order valence-corrected chi connectivity index (χ0v) is 13.0. The number of nitrogens with two attached hydrogens (primary N) is 1. The largest absolute Gasteiger partial charge is 0.322 e. The van der Waals surface area contributed by atoms with Gasteiger partial charge in [-0.15, -0.1) is 0 Å². The number of benzene rings is 1. The molecule has 20 heavy (non-hydrogen) atoms. The first kappa shape index (κ1) is 13.8. The highest BCUT2D eigenvalue weighted by Crippen LogP contribution is 2.35. The number of hydrogen-bond acceptors (Lipinski definition) is 3. The quantitative estimate of drug-likeness (QED) is 0.877. The van der Waals surface area contributed by atoms with E-state index in [9.17, 15) is 0 Å². The Labute approximate surface area is 124 Å². The van der Waals surface area contributed by atoms with Gasteiger partial charge in [-0.2, -0.15) is 0 Å². The number of rotatable bonds is 1. The number of pyridine rings is 1. The van der Waals surface area contributed by atoms with Gasteiger partial charge in [-0.05, 0) is 38.1 Å². The first-order chi connectivity index (χ1) is 9.38. The van der Waals surface area contributed by atoms with Crippen LogP contribution in [0.4, 0.5) is 0 Å². The minimum absolute atomic E-state index is 0.409. The molecule has 1 aromatic carbocycles. The van der Waals surface area contributed by atoms with Crippen molar-refractivity contribution in [3.63, 3.8) is 0 Å². The molecule has 0 bridgehead atoms. The molecule has 0 aliphatic carbocycles. The molecule has 4 heteroatoms. The van der Waals surface area contributed by atoms with Crippen LogP contribution in [0.2, 0.25) is 5.02 Å². The van der Waals surface area contributed by atoms with Crippen LogP contribution in [0.25, 0.3) is 10.9 Å². The van der Waals surface area contributed by atoms with Gasteiger partial charge in [0.15, 0.2) is 0 Å². The molecule has 1 aliphatic rings. The monoisotopic (exact) mass is 289 g/mol. The van der Waals surface area contributed by atoms with Crippen LogP contribution in [-0.2, 0) is 18.5 Å². The lowest BCUT2D eigenvalue weighted by molar-refractivity contribution is 0.306. The van der Waals surface area contributed by atoms with Gasteiger partial charge in [-0.1, -0.05) is 23.7 Å². The lowest BCUT2D eigenvalue weighted by atomic mass is 9.85. The Morgan fingerprint density at radius 1 is 1.35 bits per heavy atom. The molecule has 3 nitrogen and oxygen atoms in total. The summed E-state index contributed by atoms with van der Waals surface area (Å²) in [7, 11) is 2.14. The molecule has 0 spiro atoms. The summed E-state index contributed by atoms with van der Waals surface area (Å²) in [6, 6.07) is 5.94. The van der Waals surface area contributed by atoms with Crippen molar-refractivity contribution in [3.05, 3.63) is 40.0 Å². The minimum Gasteiger partial charge on any atom is -0.322 e. The standard InChI is InChI=1S/C16H20ClN3/c1-16(2,18)14-10-5-4-6-12(17)15(10)19-13-7-8-20(3)9-11(13)14/h4-6H,7-9,18H2,1-3H3. The van der Waals surface area contributed by atoms with Gasteiger partial charge >= 0.3 is 0 Å². The van der Waals surface area contributed by atoms with Crippen molar-refractivity contribution in [1.29, 1.82) is 0 Å². The van der Waals surface area contributed by atoms with Crippen LogP contribution in [0.15, 0.2) is 18.2 Å². The fraction of sp³-hybridized carbons (Fsp3) is 0.438. The highest BCUT2D eigenvalue weighted by atomic mass is 35.5. The van der Waals surface area contributed by atoms with Gasteiger partial charge in [-0.3, -0.25) is 4.98 Å². The molecule has 2 aromatic rings. The summed E-state index contributed by atoms with van der Waals surface area (Å²) in [4.78, 5) is 7.12. The van der Waals surface area contributed by atoms with E-state index in [0.717, 1.165) is 36.1 Å². The number of para-hydroxylation sites is 1. The maximum Gasteiger partial charge on any atom is 0.0895 e. The molecule has 106 valence electrons. The molecule has 1 aliphatic heterocycles. The molecule has 1 aromatic heterocycles. The smallest absolute Gasteiger partial charge is 0.0895 e. The van der Waals surface area contributed by atoms with Crippen LogP contribution in [0.5, 0.6) is 0 Å². The Hall–Kier alpha value is -1.16. The van der Waals surface area contributed by atoms with E-state index in [4.69, 9.17) is 22.3 Å². The molecular formula is C16H20ClN3. The molecule has 3 rings (SSSR count). The first-order valence-electron chi connectivity index (χ1n) is 6.96. The zero-order chi connectivity index (χ0) is 14.5. The molecule has 0 amide bonds. The van der Waals surface area contributed by atoms with E-state index in [1.807, 2.05) is 12.1 Å². The number of aromatic nitrogens is 1. The lowest BCUT2D eigenvalue weighted by Gasteiger charge is -2.32. The predicted octanol–water partition coefficient (Wildman–Crippen LogP) is 3.07. The van der Waals surface area contributed by atoms with E-state index < -0.39 is 5.54 Å². The summed E-state index contributed by atoms with van der Waals surface area (Å²) in [5, 5.41) is 1.79. The normalized spacial score (nSPS) is 16.4. The van der Waals surface area contributed by atoms with Crippen LogP contribution in [0.1, 0.15) is 30.7 Å². The maximum atomic E-state index is 6.45. The topological polar surface area (TPSA) is 42.2 Å². The van der Waals surface area contributed by atoms with Crippen LogP contribution in [0, 0.1) is 0 Å². The summed E-state index contributed by atoms with van der Waals surface area (Å²) in [5.41, 5.74) is 10.5. The Bertz CT molecular complexity index is 673. The SMILES string of the molecule is CN1CCc2nc3c(Cl)cccc3c(C(C)(C)N)c2C1. The molecule has 0 saturated heterocycles. The summed E-state index contributed by atoms with van der Waals surface area (Å²) >= 11 is 6.34. The Morgan fingerprint density at radius 3 is 2.80 bits per heavy atom. The molecule has 0 unspecified atom stereocenters. The second-order valence-corrected chi connectivity index (χ2v) is 6.66. The van der Waals surface area contributed by atoms with Gasteiger partial charge in [-0.25, -0.2) is 0 Å². The van der Waals surface area contributed by atoms with Crippen molar-refractivity contribution in [3.8, 4) is 0 Å². The third-order valence-corrected chi connectivity index (χ3v) is 4.26. The lowest BCUT2D eigenvalue weighted by Crippen LogP contribution is -2.35. The highest BCUT2D eigenvalue weighted by Gasteiger charge is 2.28. The number of halogens is 1. The summed E-state index contributed by atoms with van der Waals surface area (Å²) in [6.45, 7) is 6.04. The summed E-state index contributed by atoms with van der Waals surface area (Å²) in [5.74, 6) is 0. The van der Waals surface area contributed by atoms with Crippen LogP contribution < -0.4 is 5.73 Å². The first-order valence-corrected chi connectivity index (χ1v) is 7.33. The van der Waals surface area contributed by atoms with E-state index >= 15 is 0 Å². The Balaban J connectivity index is 2.41.